The lowest BCUT2D eigenvalue weighted by atomic mass is 10.2. The summed E-state index contributed by atoms with van der Waals surface area (Å²) in [6.07, 6.45) is 0.883. The first-order valence-electron chi connectivity index (χ1n) is 6.34. The highest BCUT2D eigenvalue weighted by molar-refractivity contribution is 7.80. The molecule has 0 aliphatic heterocycles. The van der Waals surface area contributed by atoms with E-state index in [1.165, 1.54) is 7.11 Å². The van der Waals surface area contributed by atoms with Crippen molar-refractivity contribution in [3.63, 3.8) is 0 Å². The van der Waals surface area contributed by atoms with Gasteiger partial charge in [-0.05, 0) is 38.6 Å². The molecule has 106 valence electrons. The Morgan fingerprint density at radius 3 is 2.53 bits per heavy atom. The van der Waals surface area contributed by atoms with Gasteiger partial charge in [-0.1, -0.05) is 6.92 Å². The van der Waals surface area contributed by atoms with Gasteiger partial charge in [0.05, 0.1) is 12.7 Å². The van der Waals surface area contributed by atoms with E-state index >= 15 is 0 Å². The first-order chi connectivity index (χ1) is 9.07. The second-order valence-corrected chi connectivity index (χ2v) is 5.43. The van der Waals surface area contributed by atoms with Crippen molar-refractivity contribution in [3.05, 3.63) is 16.5 Å². The molecule has 0 atom stereocenters. The molecule has 1 aromatic heterocycles. The monoisotopic (exact) mass is 300 g/mol. The van der Waals surface area contributed by atoms with Crippen LogP contribution < -0.4 is 5.32 Å². The number of hydrogen-bond acceptors (Lipinski definition) is 4. The molecule has 6 heteroatoms. The van der Waals surface area contributed by atoms with Gasteiger partial charge >= 0.3 is 5.97 Å². The fourth-order valence-electron chi connectivity index (χ4n) is 1.66. The Morgan fingerprint density at radius 2 is 2.05 bits per heavy atom. The maximum atomic E-state index is 11.7. The molecule has 4 nitrogen and oxygen atoms in total. The van der Waals surface area contributed by atoms with Crippen molar-refractivity contribution in [1.29, 1.82) is 0 Å². The summed E-state index contributed by atoms with van der Waals surface area (Å²) in [6, 6.07) is 1.86. The summed E-state index contributed by atoms with van der Waals surface area (Å²) < 4.78 is 4.80. The molecular weight excluding hydrogens is 280 g/mol. The Bertz CT molecular complexity index is 453. The van der Waals surface area contributed by atoms with Crippen molar-refractivity contribution >= 4 is 39.6 Å². The average molecular weight is 300 g/mol. The molecule has 0 aromatic carbocycles. The molecule has 0 spiro atoms. The number of nitrogens with one attached hydrogen (secondary N) is 1. The van der Waals surface area contributed by atoms with Crippen LogP contribution in [0, 0.1) is 0 Å². The lowest BCUT2D eigenvalue weighted by Crippen LogP contribution is -2.34. The van der Waals surface area contributed by atoms with Gasteiger partial charge in [0.25, 0.3) is 0 Å². The van der Waals surface area contributed by atoms with E-state index < -0.39 is 0 Å². The van der Waals surface area contributed by atoms with E-state index in [2.05, 4.69) is 12.2 Å². The highest BCUT2D eigenvalue weighted by atomic mass is 32.1. The summed E-state index contributed by atoms with van der Waals surface area (Å²) >= 11 is 6.90. The van der Waals surface area contributed by atoms with Crippen LogP contribution in [0.5, 0.6) is 0 Å². The van der Waals surface area contributed by atoms with E-state index in [9.17, 15) is 4.79 Å². The van der Waals surface area contributed by atoms with Crippen molar-refractivity contribution in [1.82, 2.24) is 4.90 Å². The van der Waals surface area contributed by atoms with Crippen LogP contribution in [0.4, 0.5) is 5.00 Å². The number of carbonyl (C=O) groups excluding carboxylic acids is 1. The summed E-state index contributed by atoms with van der Waals surface area (Å²) in [4.78, 5) is 14.9. The third-order valence-electron chi connectivity index (χ3n) is 2.81. The lowest BCUT2D eigenvalue weighted by molar-refractivity contribution is 0.0602. The number of hydrogen-bond donors (Lipinski definition) is 1. The Morgan fingerprint density at radius 1 is 1.42 bits per heavy atom. The third kappa shape index (κ3) is 3.91. The van der Waals surface area contributed by atoms with E-state index in [4.69, 9.17) is 17.0 Å². The van der Waals surface area contributed by atoms with Crippen molar-refractivity contribution in [2.45, 2.75) is 27.2 Å². The molecule has 1 N–H and O–H groups in total. The number of nitrogens with zero attached hydrogens (tertiary/aromatic N) is 1. The van der Waals surface area contributed by atoms with E-state index in [0.29, 0.717) is 10.7 Å². The van der Waals surface area contributed by atoms with Gasteiger partial charge in [0.2, 0.25) is 0 Å². The molecule has 0 saturated carbocycles. The predicted molar refractivity (Wildman–Crippen MR) is 84.2 cm³/mol. The highest BCUT2D eigenvalue weighted by Gasteiger charge is 2.18. The lowest BCUT2D eigenvalue weighted by Gasteiger charge is -2.22. The van der Waals surface area contributed by atoms with Gasteiger partial charge < -0.3 is 15.0 Å². The molecule has 1 aromatic rings. The largest absolute Gasteiger partial charge is 0.465 e. The first kappa shape index (κ1) is 15.9. The van der Waals surface area contributed by atoms with Gasteiger partial charge in [-0.25, -0.2) is 4.79 Å². The van der Waals surface area contributed by atoms with Crippen molar-refractivity contribution < 1.29 is 9.53 Å². The number of anilines is 1. The standard InChI is InChI=1S/C13H20N2O2S2/c1-5-9-8-10(12(16)17-4)11(19-9)14-13(18)15(6-2)7-3/h8H,5-7H2,1-4H3,(H,14,18). The zero-order valence-electron chi connectivity index (χ0n) is 11.8. The molecular formula is C13H20N2O2S2. The second-order valence-electron chi connectivity index (χ2n) is 3.90. The molecule has 0 saturated heterocycles. The predicted octanol–water partition coefficient (Wildman–Crippen LogP) is 3.14. The van der Waals surface area contributed by atoms with Gasteiger partial charge in [0.15, 0.2) is 5.11 Å². The second kappa shape index (κ2) is 7.45. The topological polar surface area (TPSA) is 41.6 Å². The number of rotatable bonds is 5. The molecule has 0 aliphatic rings. The summed E-state index contributed by atoms with van der Waals surface area (Å²) in [7, 11) is 1.39. The minimum absolute atomic E-state index is 0.333. The fourth-order valence-corrected chi connectivity index (χ4v) is 3.07. The molecule has 0 bridgehead atoms. The Kier molecular flexibility index (Phi) is 6.24. The highest BCUT2D eigenvalue weighted by Crippen LogP contribution is 2.29. The molecule has 0 unspecified atom stereocenters. The van der Waals surface area contributed by atoms with Crippen molar-refractivity contribution in [2.24, 2.45) is 0 Å². The van der Waals surface area contributed by atoms with Gasteiger partial charge in [0.1, 0.15) is 5.00 Å². The molecule has 1 rings (SSSR count). The summed E-state index contributed by atoms with van der Waals surface area (Å²) in [5, 5.41) is 4.56. The van der Waals surface area contributed by atoms with Crippen molar-refractivity contribution in [2.75, 3.05) is 25.5 Å². The molecule has 0 aliphatic carbocycles. The average Bonchev–Trinajstić information content (AvgIpc) is 2.82. The number of ether oxygens (including phenoxy) is 1. The Hall–Kier alpha value is -1.14. The van der Waals surface area contributed by atoms with Crippen LogP contribution in [0.2, 0.25) is 0 Å². The summed E-state index contributed by atoms with van der Waals surface area (Å²) in [5.74, 6) is -0.333. The van der Waals surface area contributed by atoms with E-state index in [1.807, 2.05) is 24.8 Å². The zero-order chi connectivity index (χ0) is 14.4. The number of carbonyl (C=O) groups is 1. The number of thiophene rings is 1. The minimum Gasteiger partial charge on any atom is -0.465 e. The van der Waals surface area contributed by atoms with Crippen LogP contribution in [0.15, 0.2) is 6.07 Å². The van der Waals surface area contributed by atoms with E-state index in [0.717, 1.165) is 29.4 Å². The first-order valence-corrected chi connectivity index (χ1v) is 7.56. The van der Waals surface area contributed by atoms with Crippen LogP contribution in [0.3, 0.4) is 0 Å². The molecule has 0 fully saturated rings. The van der Waals surface area contributed by atoms with Crippen LogP contribution in [0.25, 0.3) is 0 Å². The minimum atomic E-state index is -0.333. The molecule has 1 heterocycles. The number of esters is 1. The number of thiocarbonyl (C=S) groups is 1. The maximum absolute atomic E-state index is 11.7. The van der Waals surface area contributed by atoms with Gasteiger partial charge in [-0.15, -0.1) is 11.3 Å². The third-order valence-corrected chi connectivity index (χ3v) is 4.36. The normalized spacial score (nSPS) is 10.1. The van der Waals surface area contributed by atoms with Crippen molar-refractivity contribution in [3.8, 4) is 0 Å². The van der Waals surface area contributed by atoms with E-state index in [1.54, 1.807) is 11.3 Å². The maximum Gasteiger partial charge on any atom is 0.340 e. The quantitative estimate of drug-likeness (QED) is 0.668. The molecule has 19 heavy (non-hydrogen) atoms. The zero-order valence-corrected chi connectivity index (χ0v) is 13.4. The van der Waals surface area contributed by atoms with Gasteiger partial charge in [-0.2, -0.15) is 0 Å². The number of methoxy groups -OCH3 is 1. The van der Waals surface area contributed by atoms with Crippen LogP contribution in [0.1, 0.15) is 36.0 Å². The smallest absolute Gasteiger partial charge is 0.340 e. The van der Waals surface area contributed by atoms with Crippen LogP contribution in [-0.4, -0.2) is 36.2 Å². The van der Waals surface area contributed by atoms with Gasteiger partial charge in [-0.3, -0.25) is 0 Å². The van der Waals surface area contributed by atoms with E-state index in [-0.39, 0.29) is 5.97 Å². The Labute approximate surface area is 123 Å². The SMILES string of the molecule is CCc1cc(C(=O)OC)c(NC(=S)N(CC)CC)s1. The van der Waals surface area contributed by atoms with Crippen LogP contribution in [-0.2, 0) is 11.2 Å². The summed E-state index contributed by atoms with van der Waals surface area (Å²) in [5.41, 5.74) is 0.554. The molecule has 0 radical (unpaired) electrons. The molecule has 0 amide bonds. The fraction of sp³-hybridized carbons (Fsp3) is 0.538. The van der Waals surface area contributed by atoms with Gasteiger partial charge in [0, 0.05) is 18.0 Å². The van der Waals surface area contributed by atoms with Crippen LogP contribution >= 0.6 is 23.6 Å². The Balaban J connectivity index is 2.96. The number of aryl methyl sites for hydroxylation is 1. The summed E-state index contributed by atoms with van der Waals surface area (Å²) in [6.45, 7) is 7.82.